The molecule has 0 aromatic rings. The maximum absolute atomic E-state index is 11.1. The molecule has 3 heteroatoms. The summed E-state index contributed by atoms with van der Waals surface area (Å²) in [4.78, 5) is 13.5. The third-order valence-corrected chi connectivity index (χ3v) is 4.36. The van der Waals surface area contributed by atoms with Crippen LogP contribution in [0.4, 0.5) is 0 Å². The van der Waals surface area contributed by atoms with E-state index in [1.54, 1.807) is 0 Å². The van der Waals surface area contributed by atoms with Crippen molar-refractivity contribution >= 4 is 17.5 Å². The highest BCUT2D eigenvalue weighted by Gasteiger charge is 2.32. The Morgan fingerprint density at radius 1 is 1.46 bits per heavy atom. The first-order chi connectivity index (χ1) is 6.29. The van der Waals surface area contributed by atoms with Gasteiger partial charge >= 0.3 is 0 Å². The highest BCUT2D eigenvalue weighted by molar-refractivity contribution is 7.99. The first-order valence-corrected chi connectivity index (χ1v) is 6.37. The fourth-order valence-corrected chi connectivity index (χ4v) is 3.21. The van der Waals surface area contributed by atoms with Crippen LogP contribution in [0.15, 0.2) is 0 Å². The van der Waals surface area contributed by atoms with E-state index in [4.69, 9.17) is 0 Å². The van der Waals surface area contributed by atoms with Crippen LogP contribution in [0.1, 0.15) is 25.7 Å². The Morgan fingerprint density at radius 3 is 2.85 bits per heavy atom. The molecule has 2 unspecified atom stereocenters. The van der Waals surface area contributed by atoms with Crippen LogP contribution < -0.4 is 0 Å². The summed E-state index contributed by atoms with van der Waals surface area (Å²) in [6.45, 7) is 1.75. The van der Waals surface area contributed by atoms with Gasteiger partial charge in [0.15, 0.2) is 0 Å². The predicted octanol–water partition coefficient (Wildman–Crippen LogP) is 1.55. The number of Topliss-reactive ketones (excluding diaryl/α,β-unsaturated/α-hetero) is 1. The number of thioether (sulfide) groups is 1. The monoisotopic (exact) mass is 199 g/mol. The fraction of sp³-hybridized carbons (Fsp3) is 0.900. The quantitative estimate of drug-likeness (QED) is 0.673. The van der Waals surface area contributed by atoms with Crippen LogP contribution in [0.3, 0.4) is 0 Å². The van der Waals surface area contributed by atoms with E-state index in [0.717, 1.165) is 24.8 Å². The molecule has 0 amide bonds. The van der Waals surface area contributed by atoms with Crippen molar-refractivity contribution in [1.82, 2.24) is 4.90 Å². The molecule has 2 atom stereocenters. The summed E-state index contributed by atoms with van der Waals surface area (Å²) in [6, 6.07) is 0.712. The van der Waals surface area contributed by atoms with Crippen LogP contribution >= 0.6 is 11.8 Å². The molecule has 1 aliphatic heterocycles. The highest BCUT2D eigenvalue weighted by atomic mass is 32.2. The lowest BCUT2D eigenvalue weighted by molar-refractivity contribution is -0.117. The molecule has 1 heterocycles. The first kappa shape index (κ1) is 9.53. The third-order valence-electron chi connectivity index (χ3n) is 3.26. The van der Waals surface area contributed by atoms with Crippen molar-refractivity contribution in [3.8, 4) is 0 Å². The number of ketones is 1. The van der Waals surface area contributed by atoms with Gasteiger partial charge in [0.2, 0.25) is 0 Å². The van der Waals surface area contributed by atoms with Gasteiger partial charge in [-0.05, 0) is 25.5 Å². The molecule has 0 aromatic heterocycles. The molecular weight excluding hydrogens is 182 g/mol. The maximum atomic E-state index is 11.1. The SMILES string of the molecule is CSC1CCC(N2CCC(=O)C2)C1. The van der Waals surface area contributed by atoms with Crippen LogP contribution in [0.5, 0.6) is 0 Å². The molecule has 2 fully saturated rings. The van der Waals surface area contributed by atoms with Gasteiger partial charge in [-0.1, -0.05) is 0 Å². The molecule has 1 aliphatic carbocycles. The summed E-state index contributed by atoms with van der Waals surface area (Å²) < 4.78 is 0. The van der Waals surface area contributed by atoms with E-state index in [0.29, 0.717) is 11.8 Å². The zero-order valence-corrected chi connectivity index (χ0v) is 8.98. The van der Waals surface area contributed by atoms with Crippen molar-refractivity contribution in [2.45, 2.75) is 37.0 Å². The zero-order chi connectivity index (χ0) is 9.26. The average molecular weight is 199 g/mol. The van der Waals surface area contributed by atoms with Gasteiger partial charge in [-0.2, -0.15) is 11.8 Å². The summed E-state index contributed by atoms with van der Waals surface area (Å²) >= 11 is 1.98. The van der Waals surface area contributed by atoms with E-state index in [-0.39, 0.29) is 0 Å². The Balaban J connectivity index is 1.85. The van der Waals surface area contributed by atoms with Crippen LogP contribution in [-0.4, -0.2) is 41.3 Å². The van der Waals surface area contributed by atoms with Crippen LogP contribution in [-0.2, 0) is 4.79 Å². The minimum absolute atomic E-state index is 0.438. The number of rotatable bonds is 2. The minimum Gasteiger partial charge on any atom is -0.298 e. The number of hydrogen-bond donors (Lipinski definition) is 0. The van der Waals surface area contributed by atoms with Gasteiger partial charge in [0, 0.05) is 24.3 Å². The molecule has 1 saturated carbocycles. The van der Waals surface area contributed by atoms with E-state index in [1.165, 1.54) is 19.3 Å². The molecule has 2 aliphatic rings. The van der Waals surface area contributed by atoms with Gasteiger partial charge in [-0.15, -0.1) is 0 Å². The molecule has 0 bridgehead atoms. The van der Waals surface area contributed by atoms with Crippen molar-refractivity contribution in [2.24, 2.45) is 0 Å². The summed E-state index contributed by atoms with van der Waals surface area (Å²) in [5.41, 5.74) is 0. The van der Waals surface area contributed by atoms with E-state index >= 15 is 0 Å². The molecule has 0 N–H and O–H groups in total. The summed E-state index contributed by atoms with van der Waals surface area (Å²) in [6.07, 6.45) is 6.94. The summed E-state index contributed by atoms with van der Waals surface area (Å²) in [7, 11) is 0. The normalized spacial score (nSPS) is 35.9. The summed E-state index contributed by atoms with van der Waals surface area (Å²) in [5.74, 6) is 0.438. The van der Waals surface area contributed by atoms with Gasteiger partial charge in [0.1, 0.15) is 5.78 Å². The Kier molecular flexibility index (Phi) is 2.94. The van der Waals surface area contributed by atoms with Crippen LogP contribution in [0, 0.1) is 0 Å². The lowest BCUT2D eigenvalue weighted by atomic mass is 10.2. The molecule has 1 saturated heterocycles. The van der Waals surface area contributed by atoms with Crippen LogP contribution in [0.2, 0.25) is 0 Å². The smallest absolute Gasteiger partial charge is 0.148 e. The lowest BCUT2D eigenvalue weighted by Gasteiger charge is -2.22. The Bertz CT molecular complexity index is 207. The van der Waals surface area contributed by atoms with Gasteiger partial charge in [0.05, 0.1) is 6.54 Å². The van der Waals surface area contributed by atoms with E-state index in [9.17, 15) is 4.79 Å². The van der Waals surface area contributed by atoms with Crippen molar-refractivity contribution in [3.63, 3.8) is 0 Å². The Morgan fingerprint density at radius 2 is 2.31 bits per heavy atom. The first-order valence-electron chi connectivity index (χ1n) is 5.08. The van der Waals surface area contributed by atoms with E-state index < -0.39 is 0 Å². The number of carbonyl (C=O) groups is 1. The van der Waals surface area contributed by atoms with Gasteiger partial charge in [-0.25, -0.2) is 0 Å². The van der Waals surface area contributed by atoms with Gasteiger partial charge in [0.25, 0.3) is 0 Å². The molecule has 2 nitrogen and oxygen atoms in total. The number of nitrogens with zero attached hydrogens (tertiary/aromatic N) is 1. The third kappa shape index (κ3) is 2.08. The molecule has 0 radical (unpaired) electrons. The van der Waals surface area contributed by atoms with Crippen molar-refractivity contribution in [3.05, 3.63) is 0 Å². The van der Waals surface area contributed by atoms with Gasteiger partial charge in [-0.3, -0.25) is 9.69 Å². The van der Waals surface area contributed by atoms with E-state index in [2.05, 4.69) is 11.2 Å². The number of hydrogen-bond acceptors (Lipinski definition) is 3. The predicted molar refractivity (Wildman–Crippen MR) is 56.1 cm³/mol. The molecule has 0 spiro atoms. The Hall–Kier alpha value is -0.0200. The average Bonchev–Trinajstić information content (AvgIpc) is 2.71. The second kappa shape index (κ2) is 4.01. The standard InChI is InChI=1S/C10H17NOS/c1-13-10-3-2-8(6-10)11-5-4-9(12)7-11/h8,10H,2-7H2,1H3. The topological polar surface area (TPSA) is 20.3 Å². The summed E-state index contributed by atoms with van der Waals surface area (Å²) in [5, 5.41) is 0.848. The van der Waals surface area contributed by atoms with Crippen LogP contribution in [0.25, 0.3) is 0 Å². The minimum atomic E-state index is 0.438. The second-order valence-corrected chi connectivity index (χ2v) is 5.22. The second-order valence-electron chi connectivity index (χ2n) is 4.08. The number of carbonyl (C=O) groups excluding carboxylic acids is 1. The Labute approximate surface area is 84.1 Å². The van der Waals surface area contributed by atoms with Crippen molar-refractivity contribution in [1.29, 1.82) is 0 Å². The molecule has 2 rings (SSSR count). The molecule has 0 aromatic carbocycles. The van der Waals surface area contributed by atoms with E-state index in [1.807, 2.05) is 11.8 Å². The lowest BCUT2D eigenvalue weighted by Crippen LogP contribution is -2.31. The fourth-order valence-electron chi connectivity index (χ4n) is 2.43. The molecular formula is C10H17NOS. The maximum Gasteiger partial charge on any atom is 0.148 e. The van der Waals surface area contributed by atoms with Crippen molar-refractivity contribution < 1.29 is 4.79 Å². The largest absolute Gasteiger partial charge is 0.298 e. The molecule has 13 heavy (non-hydrogen) atoms. The zero-order valence-electron chi connectivity index (χ0n) is 8.16. The molecule has 74 valence electrons. The van der Waals surface area contributed by atoms with Gasteiger partial charge < -0.3 is 0 Å². The highest BCUT2D eigenvalue weighted by Crippen LogP contribution is 2.32. The number of likely N-dealkylation sites (tertiary alicyclic amines) is 1. The van der Waals surface area contributed by atoms with Crippen molar-refractivity contribution in [2.75, 3.05) is 19.3 Å².